The van der Waals surface area contributed by atoms with Crippen LogP contribution in [-0.2, 0) is 10.5 Å². The Bertz CT molecular complexity index is 490. The molecule has 0 aliphatic rings. The highest BCUT2D eigenvalue weighted by Crippen LogP contribution is 2.14. The van der Waals surface area contributed by atoms with E-state index in [2.05, 4.69) is 11.4 Å². The molecule has 0 unspecified atom stereocenters. The molecule has 0 saturated heterocycles. The van der Waals surface area contributed by atoms with E-state index in [4.69, 9.17) is 5.26 Å². The van der Waals surface area contributed by atoms with Gasteiger partial charge in [0.15, 0.2) is 0 Å². The summed E-state index contributed by atoms with van der Waals surface area (Å²) >= 11 is 1.52. The summed E-state index contributed by atoms with van der Waals surface area (Å²) in [6.45, 7) is 4.13. The molecule has 0 bridgehead atoms. The van der Waals surface area contributed by atoms with Crippen molar-refractivity contribution in [3.05, 3.63) is 35.4 Å². The lowest BCUT2D eigenvalue weighted by atomic mass is 9.98. The number of nitriles is 1. The minimum atomic E-state index is -0.798. The minimum absolute atomic E-state index is 0.0611. The maximum absolute atomic E-state index is 11.7. The molecule has 1 aromatic rings. The third kappa shape index (κ3) is 6.19. The van der Waals surface area contributed by atoms with Crippen LogP contribution in [-0.4, -0.2) is 28.9 Å². The number of carbonyl (C=O) groups excluding carboxylic acids is 1. The van der Waals surface area contributed by atoms with Gasteiger partial charge in [0.1, 0.15) is 0 Å². The van der Waals surface area contributed by atoms with Crippen LogP contribution in [0.5, 0.6) is 0 Å². The zero-order chi connectivity index (χ0) is 15.7. The first-order valence-corrected chi connectivity index (χ1v) is 8.24. The van der Waals surface area contributed by atoms with Crippen LogP contribution in [0.2, 0.25) is 0 Å². The molecule has 0 fully saturated rings. The smallest absolute Gasteiger partial charge is 0.230 e. The number of aliphatic hydroxyl groups is 1. The lowest BCUT2D eigenvalue weighted by molar-refractivity contribution is -0.119. The average molecular weight is 306 g/mol. The lowest BCUT2D eigenvalue weighted by Gasteiger charge is -2.25. The van der Waals surface area contributed by atoms with Gasteiger partial charge in [-0.3, -0.25) is 4.79 Å². The first-order chi connectivity index (χ1) is 10.0. The van der Waals surface area contributed by atoms with Gasteiger partial charge in [0, 0.05) is 12.3 Å². The number of hydrogen-bond acceptors (Lipinski definition) is 4. The van der Waals surface area contributed by atoms with Gasteiger partial charge >= 0.3 is 0 Å². The summed E-state index contributed by atoms with van der Waals surface area (Å²) in [5.41, 5.74) is 0.929. The van der Waals surface area contributed by atoms with E-state index in [0.717, 1.165) is 11.3 Å². The van der Waals surface area contributed by atoms with E-state index < -0.39 is 5.60 Å². The van der Waals surface area contributed by atoms with Gasteiger partial charge in [-0.05, 0) is 30.5 Å². The molecule has 0 saturated carbocycles. The molecule has 21 heavy (non-hydrogen) atoms. The first-order valence-electron chi connectivity index (χ1n) is 7.09. The Balaban J connectivity index is 2.28. The van der Waals surface area contributed by atoms with Crippen molar-refractivity contribution < 1.29 is 9.90 Å². The highest BCUT2D eigenvalue weighted by molar-refractivity contribution is 7.99. The molecule has 0 aromatic heterocycles. The Morgan fingerprint density at radius 1 is 1.33 bits per heavy atom. The Hall–Kier alpha value is -1.51. The molecule has 0 spiro atoms. The van der Waals surface area contributed by atoms with Gasteiger partial charge < -0.3 is 10.4 Å². The molecule has 1 amide bonds. The number of carbonyl (C=O) groups is 1. The second kappa shape index (κ2) is 8.71. The molecule has 0 heterocycles. The van der Waals surface area contributed by atoms with E-state index >= 15 is 0 Å². The van der Waals surface area contributed by atoms with E-state index in [-0.39, 0.29) is 5.91 Å². The second-order valence-corrected chi connectivity index (χ2v) is 6.00. The van der Waals surface area contributed by atoms with Gasteiger partial charge in [-0.2, -0.15) is 5.26 Å². The maximum Gasteiger partial charge on any atom is 0.230 e. The highest BCUT2D eigenvalue weighted by Gasteiger charge is 2.22. The Morgan fingerprint density at radius 2 is 1.95 bits per heavy atom. The van der Waals surface area contributed by atoms with E-state index in [1.54, 1.807) is 12.1 Å². The van der Waals surface area contributed by atoms with Crippen molar-refractivity contribution in [3.63, 3.8) is 0 Å². The van der Waals surface area contributed by atoms with E-state index in [1.165, 1.54) is 11.8 Å². The number of hydrogen-bond donors (Lipinski definition) is 2. The van der Waals surface area contributed by atoms with Gasteiger partial charge in [-0.1, -0.05) is 26.0 Å². The number of nitrogens with zero attached hydrogens (tertiary/aromatic N) is 1. The van der Waals surface area contributed by atoms with E-state index in [9.17, 15) is 9.90 Å². The summed E-state index contributed by atoms with van der Waals surface area (Å²) in [6, 6.07) is 9.43. The molecular formula is C16H22N2O2S. The lowest BCUT2D eigenvalue weighted by Crippen LogP contribution is -2.42. The van der Waals surface area contributed by atoms with Crippen molar-refractivity contribution in [2.75, 3.05) is 12.3 Å². The van der Waals surface area contributed by atoms with Gasteiger partial charge in [0.25, 0.3) is 0 Å². The van der Waals surface area contributed by atoms with E-state index in [0.29, 0.717) is 30.7 Å². The highest BCUT2D eigenvalue weighted by atomic mass is 32.2. The number of amides is 1. The Kier molecular flexibility index (Phi) is 7.27. The normalized spacial score (nSPS) is 11.0. The third-order valence-electron chi connectivity index (χ3n) is 3.52. The number of rotatable bonds is 8. The predicted molar refractivity (Wildman–Crippen MR) is 85.9 cm³/mol. The molecule has 0 aliphatic carbocycles. The number of benzene rings is 1. The Labute approximate surface area is 130 Å². The van der Waals surface area contributed by atoms with Crippen LogP contribution in [0.3, 0.4) is 0 Å². The molecule has 114 valence electrons. The molecule has 2 N–H and O–H groups in total. The van der Waals surface area contributed by atoms with Crippen LogP contribution in [0.1, 0.15) is 37.8 Å². The minimum Gasteiger partial charge on any atom is -0.388 e. The van der Waals surface area contributed by atoms with Gasteiger partial charge in [-0.15, -0.1) is 11.8 Å². The predicted octanol–water partition coefficient (Wildman–Crippen LogP) is 2.46. The fraction of sp³-hybridized carbons (Fsp3) is 0.500. The van der Waals surface area contributed by atoms with Crippen molar-refractivity contribution in [2.45, 2.75) is 38.0 Å². The molecule has 4 nitrogen and oxygen atoms in total. The van der Waals surface area contributed by atoms with Gasteiger partial charge in [-0.25, -0.2) is 0 Å². The topological polar surface area (TPSA) is 73.1 Å². The third-order valence-corrected chi connectivity index (χ3v) is 4.52. The molecule has 0 atom stereocenters. The molecule has 1 rings (SSSR count). The zero-order valence-corrected chi connectivity index (χ0v) is 13.4. The largest absolute Gasteiger partial charge is 0.388 e. The summed E-state index contributed by atoms with van der Waals surface area (Å²) in [5, 5.41) is 21.6. The molecule has 1 aromatic carbocycles. The van der Waals surface area contributed by atoms with Crippen LogP contribution < -0.4 is 5.32 Å². The summed E-state index contributed by atoms with van der Waals surface area (Å²) in [5.74, 6) is 1.03. The molecular weight excluding hydrogens is 284 g/mol. The van der Waals surface area contributed by atoms with Crippen molar-refractivity contribution in [1.29, 1.82) is 5.26 Å². The average Bonchev–Trinajstić information content (AvgIpc) is 2.53. The maximum atomic E-state index is 11.7. The van der Waals surface area contributed by atoms with Crippen molar-refractivity contribution in [3.8, 4) is 6.07 Å². The van der Waals surface area contributed by atoms with Crippen LogP contribution >= 0.6 is 11.8 Å². The fourth-order valence-corrected chi connectivity index (χ4v) is 2.57. The number of nitrogens with one attached hydrogen (secondary N) is 1. The summed E-state index contributed by atoms with van der Waals surface area (Å²) < 4.78 is 0. The molecule has 0 radical (unpaired) electrons. The summed E-state index contributed by atoms with van der Waals surface area (Å²) in [7, 11) is 0. The van der Waals surface area contributed by atoms with Crippen molar-refractivity contribution >= 4 is 17.7 Å². The second-order valence-electron chi connectivity index (χ2n) is 5.01. The monoisotopic (exact) mass is 306 g/mol. The van der Waals surface area contributed by atoms with E-state index in [1.807, 2.05) is 26.0 Å². The first kappa shape index (κ1) is 17.5. The van der Waals surface area contributed by atoms with Crippen molar-refractivity contribution in [2.24, 2.45) is 0 Å². The fourth-order valence-electron chi connectivity index (χ4n) is 1.75. The molecule has 5 heteroatoms. The SMILES string of the molecule is CCC(O)(CC)CNC(=O)CSCc1ccc(C#N)cc1. The Morgan fingerprint density at radius 3 is 2.48 bits per heavy atom. The standard InChI is InChI=1S/C16H22N2O2S/c1-3-16(20,4-2)12-18-15(19)11-21-10-14-7-5-13(9-17)6-8-14/h5-8,20H,3-4,10-12H2,1-2H3,(H,18,19). The van der Waals surface area contributed by atoms with Crippen LogP contribution in [0.25, 0.3) is 0 Å². The number of thioether (sulfide) groups is 1. The summed E-state index contributed by atoms with van der Waals surface area (Å²) in [4.78, 5) is 11.7. The van der Waals surface area contributed by atoms with Crippen LogP contribution in [0.4, 0.5) is 0 Å². The quantitative estimate of drug-likeness (QED) is 0.774. The van der Waals surface area contributed by atoms with Crippen molar-refractivity contribution in [1.82, 2.24) is 5.32 Å². The van der Waals surface area contributed by atoms with Crippen LogP contribution in [0.15, 0.2) is 24.3 Å². The van der Waals surface area contributed by atoms with Crippen LogP contribution in [0, 0.1) is 11.3 Å². The molecule has 0 aliphatic heterocycles. The summed E-state index contributed by atoms with van der Waals surface area (Å²) in [6.07, 6.45) is 1.25. The van der Waals surface area contributed by atoms with Gasteiger partial charge in [0.2, 0.25) is 5.91 Å². The van der Waals surface area contributed by atoms with Gasteiger partial charge in [0.05, 0.1) is 23.0 Å². The zero-order valence-electron chi connectivity index (χ0n) is 12.6.